The molecule has 17 heavy (non-hydrogen) atoms. The number of nitrogens with one attached hydrogen (secondary N) is 1. The molecule has 0 aromatic carbocycles. The standard InChI is InChI=1S/C12H19N5/c13-5-1-3-11-15-7-4-12(16-11)17-9-2-6-14-8-10-17/h1,3-4,7,14H,2,5-6,8-10,13H2. The van der Waals surface area contributed by atoms with Crippen LogP contribution in [0.3, 0.4) is 0 Å². The summed E-state index contributed by atoms with van der Waals surface area (Å²) >= 11 is 0. The highest BCUT2D eigenvalue weighted by Crippen LogP contribution is 2.11. The van der Waals surface area contributed by atoms with E-state index in [0.717, 1.165) is 44.2 Å². The highest BCUT2D eigenvalue weighted by atomic mass is 15.2. The van der Waals surface area contributed by atoms with E-state index in [1.54, 1.807) is 6.20 Å². The number of hydrogen-bond donors (Lipinski definition) is 2. The molecule has 5 heteroatoms. The Kier molecular flexibility index (Phi) is 4.46. The predicted molar refractivity (Wildman–Crippen MR) is 69.8 cm³/mol. The molecule has 92 valence electrons. The SMILES string of the molecule is NCC=Cc1nccc(N2CCCNCC2)n1. The largest absolute Gasteiger partial charge is 0.355 e. The fourth-order valence-corrected chi connectivity index (χ4v) is 1.87. The first kappa shape index (κ1) is 12.0. The first-order valence-electron chi connectivity index (χ1n) is 6.05. The van der Waals surface area contributed by atoms with Crippen LogP contribution in [0.5, 0.6) is 0 Å². The zero-order valence-corrected chi connectivity index (χ0v) is 9.97. The Labute approximate surface area is 102 Å². The monoisotopic (exact) mass is 233 g/mol. The molecule has 3 N–H and O–H groups in total. The van der Waals surface area contributed by atoms with Crippen LogP contribution in [0, 0.1) is 0 Å². The highest BCUT2D eigenvalue weighted by molar-refractivity contribution is 5.46. The van der Waals surface area contributed by atoms with Crippen molar-refractivity contribution in [1.82, 2.24) is 15.3 Å². The van der Waals surface area contributed by atoms with Crippen LogP contribution < -0.4 is 16.0 Å². The molecule has 1 aromatic rings. The van der Waals surface area contributed by atoms with Gasteiger partial charge in [0, 0.05) is 32.4 Å². The third-order valence-electron chi connectivity index (χ3n) is 2.73. The van der Waals surface area contributed by atoms with Gasteiger partial charge in [0.25, 0.3) is 0 Å². The van der Waals surface area contributed by atoms with Gasteiger partial charge < -0.3 is 16.0 Å². The van der Waals surface area contributed by atoms with Gasteiger partial charge in [-0.25, -0.2) is 9.97 Å². The molecule has 0 radical (unpaired) electrons. The van der Waals surface area contributed by atoms with E-state index in [-0.39, 0.29) is 0 Å². The summed E-state index contributed by atoms with van der Waals surface area (Å²) in [6, 6.07) is 1.96. The summed E-state index contributed by atoms with van der Waals surface area (Å²) in [7, 11) is 0. The van der Waals surface area contributed by atoms with Gasteiger partial charge in [-0.15, -0.1) is 0 Å². The van der Waals surface area contributed by atoms with Crippen LogP contribution in [-0.4, -0.2) is 42.7 Å². The Morgan fingerprint density at radius 1 is 1.41 bits per heavy atom. The summed E-state index contributed by atoms with van der Waals surface area (Å²) in [5.74, 6) is 1.73. The predicted octanol–water partition coefficient (Wildman–Crippen LogP) is 0.248. The molecule has 0 atom stereocenters. The van der Waals surface area contributed by atoms with E-state index in [1.807, 2.05) is 18.2 Å². The maximum absolute atomic E-state index is 5.42. The summed E-state index contributed by atoms with van der Waals surface area (Å²) in [5, 5.41) is 3.38. The lowest BCUT2D eigenvalue weighted by molar-refractivity contribution is 0.724. The third kappa shape index (κ3) is 3.51. The lowest BCUT2D eigenvalue weighted by Gasteiger charge is -2.20. The van der Waals surface area contributed by atoms with Gasteiger partial charge in [0.05, 0.1) is 0 Å². The van der Waals surface area contributed by atoms with E-state index in [0.29, 0.717) is 6.54 Å². The number of hydrogen-bond acceptors (Lipinski definition) is 5. The second kappa shape index (κ2) is 6.32. The summed E-state index contributed by atoms with van der Waals surface area (Å²) < 4.78 is 0. The summed E-state index contributed by atoms with van der Waals surface area (Å²) in [4.78, 5) is 11.0. The lowest BCUT2D eigenvalue weighted by Crippen LogP contribution is -2.28. The van der Waals surface area contributed by atoms with Crippen LogP contribution in [0.2, 0.25) is 0 Å². The molecule has 0 bridgehead atoms. The van der Waals surface area contributed by atoms with Gasteiger partial charge in [0.2, 0.25) is 0 Å². The van der Waals surface area contributed by atoms with E-state index < -0.39 is 0 Å². The van der Waals surface area contributed by atoms with Crippen molar-refractivity contribution in [3.8, 4) is 0 Å². The van der Waals surface area contributed by atoms with Crippen molar-refractivity contribution >= 4 is 11.9 Å². The van der Waals surface area contributed by atoms with Crippen LogP contribution in [0.15, 0.2) is 18.3 Å². The zero-order chi connectivity index (χ0) is 11.9. The van der Waals surface area contributed by atoms with Gasteiger partial charge in [0.1, 0.15) is 5.82 Å². The number of rotatable bonds is 3. The molecule has 1 aromatic heterocycles. The number of aromatic nitrogens is 2. The fourth-order valence-electron chi connectivity index (χ4n) is 1.87. The van der Waals surface area contributed by atoms with E-state index in [2.05, 4.69) is 20.2 Å². The Hall–Kier alpha value is -1.46. The average Bonchev–Trinajstić information content (AvgIpc) is 2.65. The Balaban J connectivity index is 2.11. The molecular formula is C12H19N5. The van der Waals surface area contributed by atoms with E-state index >= 15 is 0 Å². The molecule has 0 unspecified atom stereocenters. The van der Waals surface area contributed by atoms with Crippen LogP contribution in [0.1, 0.15) is 12.2 Å². The summed E-state index contributed by atoms with van der Waals surface area (Å²) in [5.41, 5.74) is 5.42. The van der Waals surface area contributed by atoms with Gasteiger partial charge in [-0.05, 0) is 25.1 Å². The van der Waals surface area contributed by atoms with Crippen molar-refractivity contribution in [1.29, 1.82) is 0 Å². The van der Waals surface area contributed by atoms with Gasteiger partial charge in [0.15, 0.2) is 5.82 Å². The van der Waals surface area contributed by atoms with Crippen molar-refractivity contribution in [3.05, 3.63) is 24.2 Å². The topological polar surface area (TPSA) is 67.1 Å². The second-order valence-electron chi connectivity index (χ2n) is 4.00. The van der Waals surface area contributed by atoms with Gasteiger partial charge in [-0.3, -0.25) is 0 Å². The van der Waals surface area contributed by atoms with Gasteiger partial charge in [-0.1, -0.05) is 6.08 Å². The van der Waals surface area contributed by atoms with Gasteiger partial charge in [-0.2, -0.15) is 0 Å². The molecule has 1 fully saturated rings. The zero-order valence-electron chi connectivity index (χ0n) is 9.97. The molecular weight excluding hydrogens is 214 g/mol. The number of nitrogens with zero attached hydrogens (tertiary/aromatic N) is 3. The normalized spacial score (nSPS) is 17.4. The summed E-state index contributed by atoms with van der Waals surface area (Å²) in [6.45, 7) is 4.65. The number of nitrogens with two attached hydrogens (primary N) is 1. The Morgan fingerprint density at radius 2 is 2.35 bits per heavy atom. The quantitative estimate of drug-likeness (QED) is 0.783. The lowest BCUT2D eigenvalue weighted by atomic mass is 10.3. The van der Waals surface area contributed by atoms with E-state index in [9.17, 15) is 0 Å². The fraction of sp³-hybridized carbons (Fsp3) is 0.500. The van der Waals surface area contributed by atoms with Crippen molar-refractivity contribution in [2.45, 2.75) is 6.42 Å². The van der Waals surface area contributed by atoms with Crippen LogP contribution in [0.25, 0.3) is 6.08 Å². The molecule has 0 amide bonds. The van der Waals surface area contributed by atoms with E-state index in [4.69, 9.17) is 5.73 Å². The van der Waals surface area contributed by atoms with Gasteiger partial charge >= 0.3 is 0 Å². The average molecular weight is 233 g/mol. The molecule has 0 saturated carbocycles. The Bertz CT molecular complexity index is 369. The Morgan fingerprint density at radius 3 is 3.24 bits per heavy atom. The summed E-state index contributed by atoms with van der Waals surface area (Å²) in [6.07, 6.45) is 6.68. The minimum atomic E-state index is 0.515. The smallest absolute Gasteiger partial charge is 0.153 e. The molecule has 2 rings (SSSR count). The van der Waals surface area contributed by atoms with Crippen LogP contribution in [-0.2, 0) is 0 Å². The molecule has 1 saturated heterocycles. The molecule has 1 aliphatic rings. The minimum absolute atomic E-state index is 0.515. The highest BCUT2D eigenvalue weighted by Gasteiger charge is 2.10. The van der Waals surface area contributed by atoms with Crippen molar-refractivity contribution in [2.24, 2.45) is 5.73 Å². The molecule has 0 spiro atoms. The second-order valence-corrected chi connectivity index (χ2v) is 4.00. The van der Waals surface area contributed by atoms with Crippen molar-refractivity contribution in [3.63, 3.8) is 0 Å². The maximum Gasteiger partial charge on any atom is 0.153 e. The minimum Gasteiger partial charge on any atom is -0.355 e. The molecule has 2 heterocycles. The molecule has 1 aliphatic heterocycles. The van der Waals surface area contributed by atoms with Crippen LogP contribution in [0.4, 0.5) is 5.82 Å². The molecule has 5 nitrogen and oxygen atoms in total. The van der Waals surface area contributed by atoms with E-state index in [1.165, 1.54) is 0 Å². The first-order valence-corrected chi connectivity index (χ1v) is 6.05. The number of anilines is 1. The molecule has 0 aliphatic carbocycles. The van der Waals surface area contributed by atoms with Crippen molar-refractivity contribution in [2.75, 3.05) is 37.6 Å². The maximum atomic E-state index is 5.42. The first-order chi connectivity index (χ1) is 8.40. The van der Waals surface area contributed by atoms with Crippen molar-refractivity contribution < 1.29 is 0 Å². The third-order valence-corrected chi connectivity index (χ3v) is 2.73. The van der Waals surface area contributed by atoms with Crippen LogP contribution >= 0.6 is 0 Å².